The number of hydrogen-bond acceptors (Lipinski definition) is 1. The van der Waals surface area contributed by atoms with Gasteiger partial charge < -0.3 is 9.67 Å². The first kappa shape index (κ1) is 9.96. The lowest BCUT2D eigenvalue weighted by atomic mass is 10.2. The third-order valence-corrected chi connectivity index (χ3v) is 3.08. The van der Waals surface area contributed by atoms with Gasteiger partial charge in [0.1, 0.15) is 0 Å². The number of nitrogens with zero attached hydrogens (tertiary/aromatic N) is 2. The lowest BCUT2D eigenvalue weighted by Gasteiger charge is -2.12. The molecule has 1 aliphatic heterocycles. The van der Waals surface area contributed by atoms with Gasteiger partial charge in [0, 0.05) is 35.9 Å². The maximum Gasteiger partial charge on any atom is 0.411 e. The fraction of sp³-hybridized carbons (Fsp3) is 0.154. The molecule has 0 saturated carbocycles. The highest BCUT2D eigenvalue weighted by Crippen LogP contribution is 2.22. The summed E-state index contributed by atoms with van der Waals surface area (Å²) in [5, 5.41) is 10.1. The molecule has 0 fully saturated rings. The Labute approximate surface area is 98.4 Å². The van der Waals surface area contributed by atoms with Gasteiger partial charge in [-0.1, -0.05) is 18.2 Å². The van der Waals surface area contributed by atoms with Crippen molar-refractivity contribution in [3.63, 3.8) is 0 Å². The number of fused-ring (bicyclic) bond motifs is 3. The third-order valence-electron chi connectivity index (χ3n) is 3.08. The molecule has 2 aromatic rings. The van der Waals surface area contributed by atoms with Crippen molar-refractivity contribution >= 4 is 23.1 Å². The van der Waals surface area contributed by atoms with Crippen LogP contribution < -0.4 is 0 Å². The van der Waals surface area contributed by atoms with Crippen LogP contribution >= 0.6 is 0 Å². The van der Waals surface area contributed by atoms with E-state index in [0.717, 1.165) is 11.2 Å². The minimum absolute atomic E-state index is 0.484. The number of carboxylic acid groups (broad SMARTS) is 1. The zero-order chi connectivity index (χ0) is 11.8. The topological polar surface area (TPSA) is 45.5 Å². The number of aromatic nitrogens is 1. The van der Waals surface area contributed by atoms with Crippen LogP contribution in [0.4, 0.5) is 4.79 Å². The molecule has 3 rings (SSSR count). The SMILES string of the molecule is O=C(O)N1C=Cc2cc3ccccc3n2CC1. The fourth-order valence-corrected chi connectivity index (χ4v) is 2.23. The third kappa shape index (κ3) is 1.58. The second-order valence-electron chi connectivity index (χ2n) is 4.07. The Hall–Kier alpha value is -2.23. The van der Waals surface area contributed by atoms with E-state index in [0.29, 0.717) is 13.1 Å². The lowest BCUT2D eigenvalue weighted by molar-refractivity contribution is 0.162. The van der Waals surface area contributed by atoms with Crippen molar-refractivity contribution in [3.8, 4) is 0 Å². The predicted molar refractivity (Wildman–Crippen MR) is 65.7 cm³/mol. The molecule has 17 heavy (non-hydrogen) atoms. The maximum atomic E-state index is 10.9. The second kappa shape index (κ2) is 3.66. The van der Waals surface area contributed by atoms with Crippen LogP contribution in [0, 0.1) is 0 Å². The minimum atomic E-state index is -0.906. The van der Waals surface area contributed by atoms with Crippen LogP contribution in [0.5, 0.6) is 0 Å². The molecule has 1 N–H and O–H groups in total. The second-order valence-corrected chi connectivity index (χ2v) is 4.07. The average molecular weight is 228 g/mol. The van der Waals surface area contributed by atoms with E-state index in [2.05, 4.69) is 22.8 Å². The summed E-state index contributed by atoms with van der Waals surface area (Å²) in [7, 11) is 0. The molecule has 1 aromatic heterocycles. The van der Waals surface area contributed by atoms with Gasteiger partial charge in [-0.15, -0.1) is 0 Å². The molecule has 4 nitrogen and oxygen atoms in total. The molecule has 1 aliphatic rings. The number of para-hydroxylation sites is 1. The van der Waals surface area contributed by atoms with E-state index >= 15 is 0 Å². The van der Waals surface area contributed by atoms with Crippen LogP contribution in [-0.4, -0.2) is 27.2 Å². The van der Waals surface area contributed by atoms with E-state index in [1.165, 1.54) is 10.3 Å². The first-order valence-electron chi connectivity index (χ1n) is 5.52. The summed E-state index contributed by atoms with van der Waals surface area (Å²) >= 11 is 0. The zero-order valence-corrected chi connectivity index (χ0v) is 9.21. The predicted octanol–water partition coefficient (Wildman–Crippen LogP) is 2.61. The molecular formula is C13H12N2O2. The van der Waals surface area contributed by atoms with E-state index in [1.807, 2.05) is 18.2 Å². The van der Waals surface area contributed by atoms with Crippen LogP contribution in [0.3, 0.4) is 0 Å². The standard InChI is InChI=1S/C13H12N2O2/c16-13(17)14-6-5-11-9-10-3-1-2-4-12(10)15(11)8-7-14/h1-6,9H,7-8H2,(H,16,17). The number of benzene rings is 1. The summed E-state index contributed by atoms with van der Waals surface area (Å²) in [5.41, 5.74) is 2.20. The Bertz CT molecular complexity index is 613. The molecular weight excluding hydrogens is 216 g/mol. The van der Waals surface area contributed by atoms with Gasteiger partial charge in [-0.2, -0.15) is 0 Å². The molecule has 2 heterocycles. The van der Waals surface area contributed by atoms with Gasteiger partial charge in [0.2, 0.25) is 0 Å². The Morgan fingerprint density at radius 3 is 2.88 bits per heavy atom. The highest BCUT2D eigenvalue weighted by Gasteiger charge is 2.14. The first-order valence-corrected chi connectivity index (χ1v) is 5.52. The normalized spacial score (nSPS) is 14.7. The summed E-state index contributed by atoms with van der Waals surface area (Å²) in [5.74, 6) is 0. The molecule has 0 saturated heterocycles. The summed E-state index contributed by atoms with van der Waals surface area (Å²) in [4.78, 5) is 12.2. The monoisotopic (exact) mass is 228 g/mol. The van der Waals surface area contributed by atoms with Crippen LogP contribution in [0.1, 0.15) is 5.69 Å². The Morgan fingerprint density at radius 2 is 2.06 bits per heavy atom. The van der Waals surface area contributed by atoms with Crippen LogP contribution in [-0.2, 0) is 6.54 Å². The molecule has 0 radical (unpaired) electrons. The fourth-order valence-electron chi connectivity index (χ4n) is 2.23. The summed E-state index contributed by atoms with van der Waals surface area (Å²) in [6.45, 7) is 1.17. The van der Waals surface area contributed by atoms with Crippen molar-refractivity contribution in [3.05, 3.63) is 42.2 Å². The summed E-state index contributed by atoms with van der Waals surface area (Å²) in [6.07, 6.45) is 2.57. The van der Waals surface area contributed by atoms with Crippen molar-refractivity contribution < 1.29 is 9.90 Å². The highest BCUT2D eigenvalue weighted by atomic mass is 16.4. The molecule has 1 amide bonds. The molecule has 86 valence electrons. The van der Waals surface area contributed by atoms with Crippen LogP contribution in [0.15, 0.2) is 36.5 Å². The van der Waals surface area contributed by atoms with Gasteiger partial charge in [-0.25, -0.2) is 4.79 Å². The summed E-state index contributed by atoms with van der Waals surface area (Å²) in [6, 6.07) is 10.2. The van der Waals surface area contributed by atoms with Crippen molar-refractivity contribution in [2.75, 3.05) is 6.54 Å². The van der Waals surface area contributed by atoms with Crippen LogP contribution in [0.2, 0.25) is 0 Å². The molecule has 0 aliphatic carbocycles. The van der Waals surface area contributed by atoms with E-state index in [-0.39, 0.29) is 0 Å². The summed E-state index contributed by atoms with van der Waals surface area (Å²) < 4.78 is 2.15. The van der Waals surface area contributed by atoms with Gasteiger partial charge in [-0.05, 0) is 18.2 Å². The quantitative estimate of drug-likeness (QED) is 0.753. The first-order chi connectivity index (χ1) is 8.25. The van der Waals surface area contributed by atoms with Gasteiger partial charge in [0.15, 0.2) is 0 Å². The molecule has 0 atom stereocenters. The minimum Gasteiger partial charge on any atom is -0.465 e. The van der Waals surface area contributed by atoms with Crippen molar-refractivity contribution in [2.45, 2.75) is 6.54 Å². The van der Waals surface area contributed by atoms with Crippen LogP contribution in [0.25, 0.3) is 17.0 Å². The zero-order valence-electron chi connectivity index (χ0n) is 9.21. The molecule has 0 unspecified atom stereocenters. The lowest BCUT2D eigenvalue weighted by Crippen LogP contribution is -2.26. The van der Waals surface area contributed by atoms with E-state index in [4.69, 9.17) is 5.11 Å². The van der Waals surface area contributed by atoms with Gasteiger partial charge in [-0.3, -0.25) is 4.90 Å². The van der Waals surface area contributed by atoms with Crippen molar-refractivity contribution in [1.29, 1.82) is 0 Å². The van der Waals surface area contributed by atoms with E-state index in [9.17, 15) is 4.79 Å². The van der Waals surface area contributed by atoms with Crippen molar-refractivity contribution in [1.82, 2.24) is 9.47 Å². The highest BCUT2D eigenvalue weighted by molar-refractivity contribution is 5.84. The molecule has 0 bridgehead atoms. The number of rotatable bonds is 0. The molecule has 1 aromatic carbocycles. The number of amides is 1. The van der Waals surface area contributed by atoms with E-state index < -0.39 is 6.09 Å². The average Bonchev–Trinajstić information content (AvgIpc) is 2.53. The Balaban J connectivity index is 2.10. The Morgan fingerprint density at radius 1 is 1.24 bits per heavy atom. The molecule has 0 spiro atoms. The Kier molecular flexibility index (Phi) is 2.14. The number of carbonyl (C=O) groups is 1. The van der Waals surface area contributed by atoms with Gasteiger partial charge in [0.05, 0.1) is 0 Å². The maximum absolute atomic E-state index is 10.9. The van der Waals surface area contributed by atoms with Gasteiger partial charge in [0.25, 0.3) is 0 Å². The largest absolute Gasteiger partial charge is 0.465 e. The molecule has 4 heteroatoms. The smallest absolute Gasteiger partial charge is 0.411 e. The van der Waals surface area contributed by atoms with Crippen molar-refractivity contribution in [2.24, 2.45) is 0 Å². The van der Waals surface area contributed by atoms with Gasteiger partial charge >= 0.3 is 6.09 Å². The number of hydrogen-bond donors (Lipinski definition) is 1. The van der Waals surface area contributed by atoms with E-state index in [1.54, 1.807) is 6.20 Å².